The maximum atomic E-state index is 11.6. The standard InChI is InChI=1S/C15H20N2O3/c1-16(2)12-5-3-11(4-6-12)14(15(19)20)17-9-7-13(18)8-10-17/h3-6,14H,7-10H2,1-2H3,(H,19,20). The summed E-state index contributed by atoms with van der Waals surface area (Å²) in [6, 6.07) is 6.87. The molecule has 5 heteroatoms. The van der Waals surface area contributed by atoms with Crippen LogP contribution in [0.25, 0.3) is 0 Å². The average molecular weight is 276 g/mol. The highest BCUT2D eigenvalue weighted by Crippen LogP contribution is 2.25. The SMILES string of the molecule is CN(C)c1ccc(C(C(=O)O)N2CCC(=O)CC2)cc1. The largest absolute Gasteiger partial charge is 0.480 e. The van der Waals surface area contributed by atoms with Crippen molar-refractivity contribution in [3.8, 4) is 0 Å². The smallest absolute Gasteiger partial charge is 0.325 e. The van der Waals surface area contributed by atoms with Crippen molar-refractivity contribution < 1.29 is 14.7 Å². The minimum absolute atomic E-state index is 0.216. The number of carbonyl (C=O) groups excluding carboxylic acids is 1. The summed E-state index contributed by atoms with van der Waals surface area (Å²) in [6.45, 7) is 1.04. The fourth-order valence-electron chi connectivity index (χ4n) is 2.50. The maximum absolute atomic E-state index is 11.6. The van der Waals surface area contributed by atoms with Crippen LogP contribution in [-0.4, -0.2) is 48.9 Å². The van der Waals surface area contributed by atoms with E-state index in [0.717, 1.165) is 11.3 Å². The second-order valence-corrected chi connectivity index (χ2v) is 5.30. The van der Waals surface area contributed by atoms with Gasteiger partial charge in [-0.25, -0.2) is 0 Å². The third-order valence-corrected chi connectivity index (χ3v) is 3.68. The molecule has 1 heterocycles. The number of anilines is 1. The number of likely N-dealkylation sites (tertiary alicyclic amines) is 1. The van der Waals surface area contributed by atoms with E-state index in [1.807, 2.05) is 48.2 Å². The molecule has 1 aliphatic rings. The van der Waals surface area contributed by atoms with E-state index in [-0.39, 0.29) is 5.78 Å². The summed E-state index contributed by atoms with van der Waals surface area (Å²) in [5.74, 6) is -0.648. The Morgan fingerprint density at radius 2 is 1.75 bits per heavy atom. The van der Waals surface area contributed by atoms with Crippen molar-refractivity contribution in [2.45, 2.75) is 18.9 Å². The van der Waals surface area contributed by atoms with Crippen LogP contribution in [0.2, 0.25) is 0 Å². The Balaban J connectivity index is 2.20. The number of rotatable bonds is 4. The number of hydrogen-bond donors (Lipinski definition) is 1. The van der Waals surface area contributed by atoms with Gasteiger partial charge in [-0.1, -0.05) is 12.1 Å². The predicted octanol–water partition coefficient (Wildman–Crippen LogP) is 1.54. The monoisotopic (exact) mass is 276 g/mol. The Morgan fingerprint density at radius 1 is 1.20 bits per heavy atom. The summed E-state index contributed by atoms with van der Waals surface area (Å²) < 4.78 is 0. The molecular formula is C15H20N2O3. The van der Waals surface area contributed by atoms with Gasteiger partial charge in [0.25, 0.3) is 0 Å². The molecule has 1 atom stereocenters. The summed E-state index contributed by atoms with van der Waals surface area (Å²) in [5.41, 5.74) is 1.80. The summed E-state index contributed by atoms with van der Waals surface area (Å²) in [6.07, 6.45) is 0.888. The Bertz CT molecular complexity index is 486. The van der Waals surface area contributed by atoms with Crippen LogP contribution < -0.4 is 4.90 Å². The van der Waals surface area contributed by atoms with Crippen molar-refractivity contribution in [2.24, 2.45) is 0 Å². The summed E-state index contributed by atoms with van der Waals surface area (Å²) >= 11 is 0. The first-order valence-electron chi connectivity index (χ1n) is 6.75. The number of ketones is 1. The van der Waals surface area contributed by atoms with Crippen molar-refractivity contribution in [3.05, 3.63) is 29.8 Å². The average Bonchev–Trinajstić information content (AvgIpc) is 2.41. The Labute approximate surface area is 118 Å². The van der Waals surface area contributed by atoms with Crippen molar-refractivity contribution >= 4 is 17.4 Å². The van der Waals surface area contributed by atoms with E-state index < -0.39 is 12.0 Å². The molecule has 0 bridgehead atoms. The van der Waals surface area contributed by atoms with E-state index in [9.17, 15) is 14.7 Å². The lowest BCUT2D eigenvalue weighted by Gasteiger charge is -2.31. The Kier molecular flexibility index (Phi) is 4.39. The van der Waals surface area contributed by atoms with Gasteiger partial charge in [0, 0.05) is 45.7 Å². The topological polar surface area (TPSA) is 60.9 Å². The molecule has 0 aromatic heterocycles. The lowest BCUT2D eigenvalue weighted by Crippen LogP contribution is -2.40. The first-order valence-corrected chi connectivity index (χ1v) is 6.75. The van der Waals surface area contributed by atoms with Gasteiger partial charge >= 0.3 is 5.97 Å². The van der Waals surface area contributed by atoms with Crippen molar-refractivity contribution in [1.82, 2.24) is 4.90 Å². The lowest BCUT2D eigenvalue weighted by atomic mass is 10.0. The van der Waals surface area contributed by atoms with Gasteiger partial charge in [-0.05, 0) is 17.7 Å². The van der Waals surface area contributed by atoms with Gasteiger partial charge in [0.05, 0.1) is 0 Å². The fourth-order valence-corrected chi connectivity index (χ4v) is 2.50. The molecule has 108 valence electrons. The van der Waals surface area contributed by atoms with Crippen LogP contribution in [0.1, 0.15) is 24.4 Å². The molecular weight excluding hydrogens is 256 g/mol. The number of piperidine rings is 1. The van der Waals surface area contributed by atoms with Gasteiger partial charge in [0.1, 0.15) is 11.8 Å². The number of carboxylic acids is 1. The van der Waals surface area contributed by atoms with Gasteiger partial charge in [-0.2, -0.15) is 0 Å². The minimum atomic E-state index is -0.864. The van der Waals surface area contributed by atoms with E-state index in [2.05, 4.69) is 0 Å². The third kappa shape index (κ3) is 3.17. The number of benzene rings is 1. The highest BCUT2D eigenvalue weighted by Gasteiger charge is 2.30. The Morgan fingerprint density at radius 3 is 2.20 bits per heavy atom. The van der Waals surface area contributed by atoms with Crippen LogP contribution in [0.4, 0.5) is 5.69 Å². The van der Waals surface area contributed by atoms with E-state index >= 15 is 0 Å². The number of aliphatic carboxylic acids is 1. The number of carboxylic acid groups (broad SMARTS) is 1. The van der Waals surface area contributed by atoms with Gasteiger partial charge in [-0.15, -0.1) is 0 Å². The van der Waals surface area contributed by atoms with Gasteiger partial charge in [-0.3, -0.25) is 14.5 Å². The van der Waals surface area contributed by atoms with Crippen LogP contribution in [0, 0.1) is 0 Å². The minimum Gasteiger partial charge on any atom is -0.480 e. The second-order valence-electron chi connectivity index (χ2n) is 5.30. The van der Waals surface area contributed by atoms with E-state index in [4.69, 9.17) is 0 Å². The van der Waals surface area contributed by atoms with E-state index in [1.165, 1.54) is 0 Å². The van der Waals surface area contributed by atoms with Crippen molar-refractivity contribution in [2.75, 3.05) is 32.1 Å². The zero-order valence-corrected chi connectivity index (χ0v) is 11.9. The zero-order valence-electron chi connectivity index (χ0n) is 11.9. The molecule has 2 rings (SSSR count). The number of carbonyl (C=O) groups is 2. The quantitative estimate of drug-likeness (QED) is 0.904. The molecule has 1 unspecified atom stereocenters. The highest BCUT2D eigenvalue weighted by molar-refractivity contribution is 5.80. The molecule has 0 aliphatic carbocycles. The molecule has 1 aromatic carbocycles. The van der Waals surface area contributed by atoms with Crippen LogP contribution in [0.15, 0.2) is 24.3 Å². The molecule has 5 nitrogen and oxygen atoms in total. The lowest BCUT2D eigenvalue weighted by molar-refractivity contribution is -0.145. The summed E-state index contributed by atoms with van der Waals surface area (Å²) in [5, 5.41) is 9.49. The first kappa shape index (κ1) is 14.5. The van der Waals surface area contributed by atoms with Gasteiger partial charge in [0.15, 0.2) is 0 Å². The molecule has 1 saturated heterocycles. The number of nitrogens with zero attached hydrogens (tertiary/aromatic N) is 2. The molecule has 1 aromatic rings. The van der Waals surface area contributed by atoms with Crippen LogP contribution in [0.3, 0.4) is 0 Å². The van der Waals surface area contributed by atoms with Crippen LogP contribution in [0.5, 0.6) is 0 Å². The van der Waals surface area contributed by atoms with E-state index in [1.54, 1.807) is 0 Å². The van der Waals surface area contributed by atoms with Crippen molar-refractivity contribution in [3.63, 3.8) is 0 Å². The molecule has 1 aliphatic heterocycles. The second kappa shape index (κ2) is 6.05. The normalized spacial score (nSPS) is 17.8. The molecule has 0 radical (unpaired) electrons. The number of Topliss-reactive ketones (excluding diaryl/α,β-unsaturated/α-hetero) is 1. The molecule has 0 amide bonds. The Hall–Kier alpha value is -1.88. The number of hydrogen-bond acceptors (Lipinski definition) is 4. The predicted molar refractivity (Wildman–Crippen MR) is 77.0 cm³/mol. The van der Waals surface area contributed by atoms with Crippen molar-refractivity contribution in [1.29, 1.82) is 0 Å². The third-order valence-electron chi connectivity index (χ3n) is 3.68. The van der Waals surface area contributed by atoms with E-state index in [0.29, 0.717) is 25.9 Å². The molecule has 0 saturated carbocycles. The van der Waals surface area contributed by atoms with Gasteiger partial charge < -0.3 is 10.0 Å². The molecule has 1 fully saturated rings. The molecule has 20 heavy (non-hydrogen) atoms. The van der Waals surface area contributed by atoms with Crippen LogP contribution >= 0.6 is 0 Å². The summed E-state index contributed by atoms with van der Waals surface area (Å²) in [7, 11) is 3.89. The van der Waals surface area contributed by atoms with Gasteiger partial charge in [0.2, 0.25) is 0 Å². The maximum Gasteiger partial charge on any atom is 0.325 e. The fraction of sp³-hybridized carbons (Fsp3) is 0.467. The van der Waals surface area contributed by atoms with Crippen LogP contribution in [-0.2, 0) is 9.59 Å². The first-order chi connectivity index (χ1) is 9.49. The highest BCUT2D eigenvalue weighted by atomic mass is 16.4. The molecule has 1 N–H and O–H groups in total. The summed E-state index contributed by atoms with van der Waals surface area (Å²) in [4.78, 5) is 26.7. The molecule has 0 spiro atoms. The zero-order chi connectivity index (χ0) is 14.7.